The zero-order chi connectivity index (χ0) is 13.0. The van der Waals surface area contributed by atoms with Gasteiger partial charge in [-0.15, -0.1) is 0 Å². The SMILES string of the molecule is CN(CCc1ccncc1)C(=O)c1cccn1C. The average molecular weight is 243 g/mol. The van der Waals surface area contributed by atoms with Gasteiger partial charge in [0.25, 0.3) is 5.91 Å². The molecule has 1 amide bonds. The zero-order valence-electron chi connectivity index (χ0n) is 10.7. The molecule has 0 aromatic carbocycles. The molecule has 0 spiro atoms. The van der Waals surface area contributed by atoms with Crippen LogP contribution in [0.15, 0.2) is 42.9 Å². The molecule has 2 aromatic rings. The summed E-state index contributed by atoms with van der Waals surface area (Å²) in [6.45, 7) is 0.702. The van der Waals surface area contributed by atoms with Gasteiger partial charge < -0.3 is 9.47 Å². The van der Waals surface area contributed by atoms with E-state index in [0.29, 0.717) is 12.2 Å². The lowest BCUT2D eigenvalue weighted by molar-refractivity contribution is 0.0787. The van der Waals surface area contributed by atoms with Crippen molar-refractivity contribution in [1.82, 2.24) is 14.5 Å². The van der Waals surface area contributed by atoms with Gasteiger partial charge in [0.15, 0.2) is 0 Å². The molecule has 0 fully saturated rings. The van der Waals surface area contributed by atoms with Crippen LogP contribution in [0.2, 0.25) is 0 Å². The summed E-state index contributed by atoms with van der Waals surface area (Å²) in [6.07, 6.45) is 6.27. The Labute approximate surface area is 107 Å². The number of nitrogens with zero attached hydrogens (tertiary/aromatic N) is 3. The fourth-order valence-corrected chi connectivity index (χ4v) is 1.83. The number of amides is 1. The minimum atomic E-state index is 0.0524. The minimum absolute atomic E-state index is 0.0524. The number of pyridine rings is 1. The van der Waals surface area contributed by atoms with Crippen LogP contribution >= 0.6 is 0 Å². The highest BCUT2D eigenvalue weighted by Gasteiger charge is 2.13. The van der Waals surface area contributed by atoms with Gasteiger partial charge in [0.05, 0.1) is 0 Å². The van der Waals surface area contributed by atoms with Gasteiger partial charge in [-0.3, -0.25) is 9.78 Å². The molecule has 0 aliphatic rings. The summed E-state index contributed by atoms with van der Waals surface area (Å²) in [6, 6.07) is 7.66. The number of carbonyl (C=O) groups excluding carboxylic acids is 1. The molecule has 0 unspecified atom stereocenters. The van der Waals surface area contributed by atoms with Crippen LogP contribution in [0.1, 0.15) is 16.1 Å². The van der Waals surface area contributed by atoms with Gasteiger partial charge in [-0.25, -0.2) is 0 Å². The molecule has 0 saturated carbocycles. The molecular formula is C14H17N3O. The monoisotopic (exact) mass is 243 g/mol. The number of carbonyl (C=O) groups is 1. The molecule has 18 heavy (non-hydrogen) atoms. The summed E-state index contributed by atoms with van der Waals surface area (Å²) >= 11 is 0. The van der Waals surface area contributed by atoms with Crippen molar-refractivity contribution < 1.29 is 4.79 Å². The Morgan fingerprint density at radius 3 is 2.67 bits per heavy atom. The molecule has 2 heterocycles. The van der Waals surface area contributed by atoms with E-state index in [-0.39, 0.29) is 5.91 Å². The molecule has 0 atom stereocenters. The Kier molecular flexibility index (Phi) is 3.77. The number of aryl methyl sites for hydroxylation is 1. The molecule has 2 aromatic heterocycles. The Morgan fingerprint density at radius 2 is 2.06 bits per heavy atom. The Morgan fingerprint density at radius 1 is 1.33 bits per heavy atom. The topological polar surface area (TPSA) is 38.1 Å². The molecule has 0 aliphatic carbocycles. The van der Waals surface area contributed by atoms with E-state index in [1.165, 1.54) is 5.56 Å². The molecule has 0 N–H and O–H groups in total. The highest BCUT2D eigenvalue weighted by molar-refractivity contribution is 5.92. The molecule has 4 heteroatoms. The Balaban J connectivity index is 1.95. The van der Waals surface area contributed by atoms with Crippen molar-refractivity contribution in [3.63, 3.8) is 0 Å². The minimum Gasteiger partial charge on any atom is -0.347 e. The Hall–Kier alpha value is -2.10. The first-order chi connectivity index (χ1) is 8.68. The van der Waals surface area contributed by atoms with Gasteiger partial charge in [-0.05, 0) is 36.2 Å². The maximum Gasteiger partial charge on any atom is 0.270 e. The van der Waals surface area contributed by atoms with Crippen LogP contribution in [0.5, 0.6) is 0 Å². The normalized spacial score (nSPS) is 10.3. The quantitative estimate of drug-likeness (QED) is 0.820. The van der Waals surface area contributed by atoms with Crippen LogP contribution < -0.4 is 0 Å². The van der Waals surface area contributed by atoms with Gasteiger partial charge in [0.1, 0.15) is 5.69 Å². The molecule has 0 aliphatic heterocycles. The van der Waals surface area contributed by atoms with Gasteiger partial charge in [0.2, 0.25) is 0 Å². The fraction of sp³-hybridized carbons (Fsp3) is 0.286. The highest BCUT2D eigenvalue weighted by atomic mass is 16.2. The molecule has 2 rings (SSSR count). The van der Waals surface area contributed by atoms with Gasteiger partial charge >= 0.3 is 0 Å². The smallest absolute Gasteiger partial charge is 0.270 e. The summed E-state index contributed by atoms with van der Waals surface area (Å²) in [5, 5.41) is 0. The van der Waals surface area contributed by atoms with Crippen molar-refractivity contribution in [2.24, 2.45) is 7.05 Å². The van der Waals surface area contributed by atoms with E-state index in [9.17, 15) is 4.79 Å². The van der Waals surface area contributed by atoms with E-state index in [4.69, 9.17) is 0 Å². The highest BCUT2D eigenvalue weighted by Crippen LogP contribution is 2.05. The molecule has 0 saturated heterocycles. The summed E-state index contributed by atoms with van der Waals surface area (Å²) in [5.74, 6) is 0.0524. The average Bonchev–Trinajstić information content (AvgIpc) is 2.82. The summed E-state index contributed by atoms with van der Waals surface area (Å²) < 4.78 is 1.84. The lowest BCUT2D eigenvalue weighted by Gasteiger charge is -2.17. The van der Waals surface area contributed by atoms with Crippen molar-refractivity contribution in [1.29, 1.82) is 0 Å². The van der Waals surface area contributed by atoms with E-state index in [0.717, 1.165) is 6.42 Å². The van der Waals surface area contributed by atoms with Crippen LogP contribution in [0.3, 0.4) is 0 Å². The molecule has 0 radical (unpaired) electrons. The number of hydrogen-bond acceptors (Lipinski definition) is 2. The first-order valence-electron chi connectivity index (χ1n) is 5.94. The second-order valence-corrected chi connectivity index (χ2v) is 4.34. The van der Waals surface area contributed by atoms with E-state index in [1.807, 2.05) is 49.1 Å². The summed E-state index contributed by atoms with van der Waals surface area (Å²) in [4.78, 5) is 17.9. The van der Waals surface area contributed by atoms with Crippen LogP contribution in [-0.4, -0.2) is 34.0 Å². The van der Waals surface area contributed by atoms with Crippen LogP contribution in [0.4, 0.5) is 0 Å². The lowest BCUT2D eigenvalue weighted by Crippen LogP contribution is -2.30. The van der Waals surface area contributed by atoms with E-state index in [2.05, 4.69) is 4.98 Å². The van der Waals surface area contributed by atoms with Gasteiger partial charge in [-0.2, -0.15) is 0 Å². The first kappa shape index (κ1) is 12.4. The number of likely N-dealkylation sites (N-methyl/N-ethyl adjacent to an activating group) is 1. The van der Waals surface area contributed by atoms with E-state index in [1.54, 1.807) is 17.3 Å². The second-order valence-electron chi connectivity index (χ2n) is 4.34. The number of aromatic nitrogens is 2. The third-order valence-electron chi connectivity index (χ3n) is 2.99. The zero-order valence-corrected chi connectivity index (χ0v) is 10.7. The lowest BCUT2D eigenvalue weighted by atomic mass is 10.2. The number of hydrogen-bond donors (Lipinski definition) is 0. The molecule has 0 bridgehead atoms. The van der Waals surface area contributed by atoms with Crippen LogP contribution in [0, 0.1) is 0 Å². The molecule has 94 valence electrons. The first-order valence-corrected chi connectivity index (χ1v) is 5.94. The summed E-state index contributed by atoms with van der Waals surface area (Å²) in [7, 11) is 3.71. The maximum absolute atomic E-state index is 12.1. The van der Waals surface area contributed by atoms with Crippen molar-refractivity contribution in [3.05, 3.63) is 54.1 Å². The van der Waals surface area contributed by atoms with Crippen molar-refractivity contribution in [2.75, 3.05) is 13.6 Å². The van der Waals surface area contributed by atoms with Gasteiger partial charge in [0, 0.05) is 39.2 Å². The standard InChI is InChI=1S/C14H17N3O/c1-16-10-3-4-13(16)14(18)17(2)11-7-12-5-8-15-9-6-12/h3-6,8-10H,7,11H2,1-2H3. The van der Waals surface area contributed by atoms with Crippen molar-refractivity contribution >= 4 is 5.91 Å². The number of rotatable bonds is 4. The predicted octanol–water partition coefficient (Wildman–Crippen LogP) is 1.73. The van der Waals surface area contributed by atoms with Crippen LogP contribution in [0.25, 0.3) is 0 Å². The third-order valence-corrected chi connectivity index (χ3v) is 2.99. The second kappa shape index (κ2) is 5.49. The molecular weight excluding hydrogens is 226 g/mol. The fourth-order valence-electron chi connectivity index (χ4n) is 1.83. The third kappa shape index (κ3) is 2.77. The van der Waals surface area contributed by atoms with Gasteiger partial charge in [-0.1, -0.05) is 0 Å². The van der Waals surface area contributed by atoms with Crippen molar-refractivity contribution in [2.45, 2.75) is 6.42 Å². The largest absolute Gasteiger partial charge is 0.347 e. The Bertz CT molecular complexity index is 519. The van der Waals surface area contributed by atoms with E-state index < -0.39 is 0 Å². The van der Waals surface area contributed by atoms with Crippen molar-refractivity contribution in [3.8, 4) is 0 Å². The van der Waals surface area contributed by atoms with Crippen LogP contribution in [-0.2, 0) is 13.5 Å². The van der Waals surface area contributed by atoms with E-state index >= 15 is 0 Å². The maximum atomic E-state index is 12.1. The predicted molar refractivity (Wildman–Crippen MR) is 70.3 cm³/mol. The summed E-state index contributed by atoms with van der Waals surface area (Å²) in [5.41, 5.74) is 1.91. The molecule has 4 nitrogen and oxygen atoms in total.